The number of ketones is 1. The summed E-state index contributed by atoms with van der Waals surface area (Å²) in [6, 6.07) is 30.2. The molecule has 0 saturated carbocycles. The van der Waals surface area contributed by atoms with E-state index in [2.05, 4.69) is 60.7 Å². The lowest BCUT2D eigenvalue weighted by Gasteiger charge is -2.32. The molecule has 0 aliphatic heterocycles. The molecule has 0 saturated heterocycles. The van der Waals surface area contributed by atoms with Crippen molar-refractivity contribution in [1.29, 1.82) is 0 Å². The first-order valence-corrected chi connectivity index (χ1v) is 13.9. The number of carbonyl (C=O) groups is 1. The Bertz CT molecular complexity index is 964. The van der Waals surface area contributed by atoms with E-state index in [1.807, 2.05) is 54.6 Å². The molecular formula is C26H30N2OSi. The monoisotopic (exact) mass is 414 g/mol. The molecule has 0 atom stereocenters. The highest BCUT2D eigenvalue weighted by molar-refractivity contribution is 6.73. The minimum atomic E-state index is -1.72. The van der Waals surface area contributed by atoms with Crippen molar-refractivity contribution in [1.82, 2.24) is 4.67 Å². The minimum Gasteiger partial charge on any atom is -0.320 e. The van der Waals surface area contributed by atoms with Gasteiger partial charge in [-0.05, 0) is 17.5 Å². The molecule has 0 fully saturated rings. The van der Waals surface area contributed by atoms with Crippen LogP contribution in [0, 0.1) is 0 Å². The molecule has 0 amide bonds. The third-order valence-corrected chi connectivity index (χ3v) is 6.79. The Morgan fingerprint density at radius 3 is 1.77 bits per heavy atom. The second kappa shape index (κ2) is 10.2. The molecule has 0 aromatic heterocycles. The van der Waals surface area contributed by atoms with E-state index >= 15 is 0 Å². The zero-order chi connectivity index (χ0) is 21.4. The molecule has 0 heterocycles. The summed E-state index contributed by atoms with van der Waals surface area (Å²) in [6.07, 6.45) is 1.07. The summed E-state index contributed by atoms with van der Waals surface area (Å²) in [6.45, 7) is 7.69. The molecule has 154 valence electrons. The first-order chi connectivity index (χ1) is 14.4. The number of hydrogen-bond acceptors (Lipinski definition) is 3. The molecule has 0 aliphatic carbocycles. The Morgan fingerprint density at radius 2 is 1.23 bits per heavy atom. The van der Waals surface area contributed by atoms with E-state index in [1.54, 1.807) is 0 Å². The smallest absolute Gasteiger partial charge is 0.169 e. The Labute approximate surface area is 181 Å². The molecule has 0 radical (unpaired) electrons. The lowest BCUT2D eigenvalue weighted by Crippen LogP contribution is -2.42. The van der Waals surface area contributed by atoms with Crippen molar-refractivity contribution in [3.8, 4) is 0 Å². The summed E-state index contributed by atoms with van der Waals surface area (Å²) >= 11 is 0. The Morgan fingerprint density at radius 1 is 0.733 bits per heavy atom. The van der Waals surface area contributed by atoms with E-state index in [0.29, 0.717) is 12.8 Å². The summed E-state index contributed by atoms with van der Waals surface area (Å²) in [4.78, 5) is 12.7. The summed E-state index contributed by atoms with van der Waals surface area (Å²) in [7, 11) is -1.72. The Balaban J connectivity index is 1.87. The van der Waals surface area contributed by atoms with Crippen LogP contribution in [-0.2, 0) is 6.54 Å². The van der Waals surface area contributed by atoms with Gasteiger partial charge in [0.2, 0.25) is 0 Å². The molecule has 3 rings (SSSR count). The third kappa shape index (κ3) is 6.26. The van der Waals surface area contributed by atoms with Crippen LogP contribution in [0.2, 0.25) is 19.6 Å². The van der Waals surface area contributed by atoms with Crippen LogP contribution in [0.5, 0.6) is 0 Å². The minimum absolute atomic E-state index is 0.154. The number of hydrazone groups is 1. The van der Waals surface area contributed by atoms with Gasteiger partial charge in [0.25, 0.3) is 0 Å². The van der Waals surface area contributed by atoms with Crippen LogP contribution < -0.4 is 0 Å². The van der Waals surface area contributed by atoms with Gasteiger partial charge in [-0.25, -0.2) is 0 Å². The SMILES string of the molecule is C[Si](C)(C)N(Cc1ccccc1)/N=C(/CCC(=O)c1ccccc1)c1ccccc1. The van der Waals surface area contributed by atoms with Gasteiger partial charge in [-0.15, -0.1) is 0 Å². The Hall–Kier alpha value is -2.98. The van der Waals surface area contributed by atoms with Gasteiger partial charge in [-0.1, -0.05) is 111 Å². The van der Waals surface area contributed by atoms with Gasteiger partial charge < -0.3 is 4.67 Å². The highest BCUT2D eigenvalue weighted by Crippen LogP contribution is 2.18. The number of benzene rings is 3. The van der Waals surface area contributed by atoms with Gasteiger partial charge in [0.05, 0.1) is 12.3 Å². The first-order valence-electron chi connectivity index (χ1n) is 10.5. The molecule has 0 aliphatic rings. The average Bonchev–Trinajstić information content (AvgIpc) is 2.77. The number of carbonyl (C=O) groups excluding carboxylic acids is 1. The van der Waals surface area contributed by atoms with Crippen molar-refractivity contribution in [2.24, 2.45) is 5.10 Å². The number of Topliss-reactive ketones (excluding diaryl/α,β-unsaturated/α-hetero) is 1. The van der Waals surface area contributed by atoms with Gasteiger partial charge >= 0.3 is 0 Å². The predicted molar refractivity (Wildman–Crippen MR) is 128 cm³/mol. The number of hydrogen-bond donors (Lipinski definition) is 0. The molecular weight excluding hydrogens is 384 g/mol. The van der Waals surface area contributed by atoms with Gasteiger partial charge in [0.1, 0.15) is 0 Å². The third-order valence-electron chi connectivity index (χ3n) is 4.98. The van der Waals surface area contributed by atoms with E-state index in [-0.39, 0.29) is 5.78 Å². The predicted octanol–water partition coefficient (Wildman–Crippen LogP) is 6.39. The first kappa shape index (κ1) is 21.7. The molecule has 0 spiro atoms. The quantitative estimate of drug-likeness (QED) is 0.176. The topological polar surface area (TPSA) is 32.7 Å². The zero-order valence-electron chi connectivity index (χ0n) is 18.1. The maximum Gasteiger partial charge on any atom is 0.169 e. The van der Waals surface area contributed by atoms with Crippen LogP contribution >= 0.6 is 0 Å². The molecule has 30 heavy (non-hydrogen) atoms. The molecule has 3 aromatic rings. The van der Waals surface area contributed by atoms with E-state index in [0.717, 1.165) is 23.4 Å². The maximum absolute atomic E-state index is 12.7. The van der Waals surface area contributed by atoms with Crippen LogP contribution in [-0.4, -0.2) is 24.4 Å². The van der Waals surface area contributed by atoms with Crippen molar-refractivity contribution in [2.75, 3.05) is 0 Å². The summed E-state index contributed by atoms with van der Waals surface area (Å²) in [5.41, 5.74) is 4.06. The molecule has 0 unspecified atom stereocenters. The summed E-state index contributed by atoms with van der Waals surface area (Å²) < 4.78 is 2.26. The summed E-state index contributed by atoms with van der Waals surface area (Å²) in [5, 5.41) is 5.14. The standard InChI is InChI=1S/C26H30N2OSi/c1-30(2,3)28(21-22-13-7-4-8-14-22)27-25(23-15-9-5-10-16-23)19-20-26(29)24-17-11-6-12-18-24/h4-18H,19-21H2,1-3H3/b27-25-. The van der Waals surface area contributed by atoms with Crippen molar-refractivity contribution >= 4 is 19.7 Å². The highest BCUT2D eigenvalue weighted by Gasteiger charge is 2.24. The highest BCUT2D eigenvalue weighted by atomic mass is 28.3. The van der Waals surface area contributed by atoms with Crippen LogP contribution in [0.25, 0.3) is 0 Å². The van der Waals surface area contributed by atoms with Crippen molar-refractivity contribution in [3.63, 3.8) is 0 Å². The second-order valence-electron chi connectivity index (χ2n) is 8.42. The lowest BCUT2D eigenvalue weighted by molar-refractivity contribution is 0.0985. The average molecular weight is 415 g/mol. The van der Waals surface area contributed by atoms with Gasteiger partial charge in [0.15, 0.2) is 14.0 Å². The van der Waals surface area contributed by atoms with Crippen LogP contribution in [0.4, 0.5) is 0 Å². The number of rotatable bonds is 9. The van der Waals surface area contributed by atoms with Crippen LogP contribution in [0.3, 0.4) is 0 Å². The maximum atomic E-state index is 12.7. The van der Waals surface area contributed by atoms with Crippen molar-refractivity contribution in [2.45, 2.75) is 39.0 Å². The molecule has 3 aromatic carbocycles. The van der Waals surface area contributed by atoms with Gasteiger partial charge in [-0.2, -0.15) is 5.10 Å². The van der Waals surface area contributed by atoms with Crippen LogP contribution in [0.1, 0.15) is 34.3 Å². The summed E-state index contributed by atoms with van der Waals surface area (Å²) in [5.74, 6) is 0.154. The molecule has 4 heteroatoms. The Kier molecular flexibility index (Phi) is 7.36. The normalized spacial score (nSPS) is 11.9. The van der Waals surface area contributed by atoms with Gasteiger partial charge in [-0.3, -0.25) is 4.79 Å². The lowest BCUT2D eigenvalue weighted by atomic mass is 10.0. The van der Waals surface area contributed by atoms with E-state index in [4.69, 9.17) is 5.10 Å². The second-order valence-corrected chi connectivity index (χ2v) is 13.3. The van der Waals surface area contributed by atoms with E-state index < -0.39 is 8.24 Å². The van der Waals surface area contributed by atoms with E-state index in [9.17, 15) is 4.79 Å². The molecule has 0 N–H and O–H groups in total. The molecule has 0 bridgehead atoms. The fourth-order valence-electron chi connectivity index (χ4n) is 3.21. The number of nitrogens with zero attached hydrogens (tertiary/aromatic N) is 2. The largest absolute Gasteiger partial charge is 0.320 e. The van der Waals surface area contributed by atoms with Crippen molar-refractivity contribution < 1.29 is 4.79 Å². The van der Waals surface area contributed by atoms with Crippen LogP contribution in [0.15, 0.2) is 96.1 Å². The van der Waals surface area contributed by atoms with Crippen molar-refractivity contribution in [3.05, 3.63) is 108 Å². The van der Waals surface area contributed by atoms with E-state index in [1.165, 1.54) is 5.56 Å². The fourth-order valence-corrected chi connectivity index (χ4v) is 4.29. The fraction of sp³-hybridized carbons (Fsp3) is 0.231. The van der Waals surface area contributed by atoms with Gasteiger partial charge in [0, 0.05) is 12.0 Å². The molecule has 3 nitrogen and oxygen atoms in total. The zero-order valence-corrected chi connectivity index (χ0v) is 19.1.